The average Bonchev–Trinajstić information content (AvgIpc) is 3.41. The van der Waals surface area contributed by atoms with Gasteiger partial charge in [-0.1, -0.05) is 76.3 Å². The van der Waals surface area contributed by atoms with E-state index in [-0.39, 0.29) is 35.6 Å². The van der Waals surface area contributed by atoms with Crippen molar-refractivity contribution in [3.63, 3.8) is 0 Å². The van der Waals surface area contributed by atoms with Crippen molar-refractivity contribution in [3.8, 4) is 11.1 Å². The third-order valence-corrected chi connectivity index (χ3v) is 7.57. The first-order valence-electron chi connectivity index (χ1n) is 13.0. The van der Waals surface area contributed by atoms with Crippen LogP contribution in [-0.4, -0.2) is 3.81 Å². The Morgan fingerprint density at radius 1 is 0.750 bits per heavy atom. The fraction of sp³-hybridized carbons (Fsp3) is 0.455. The van der Waals surface area contributed by atoms with Gasteiger partial charge in [0.1, 0.15) is 0 Å². The fourth-order valence-corrected chi connectivity index (χ4v) is 5.01. The van der Waals surface area contributed by atoms with Gasteiger partial charge < -0.3 is 24.8 Å². The van der Waals surface area contributed by atoms with Crippen molar-refractivity contribution in [2.75, 3.05) is 0 Å². The summed E-state index contributed by atoms with van der Waals surface area (Å²) in [7, 11) is 0. The summed E-state index contributed by atoms with van der Waals surface area (Å²) in [6.45, 7) is 13.6. The summed E-state index contributed by atoms with van der Waals surface area (Å²) in [4.78, 5) is 0. The first-order valence-corrected chi connectivity index (χ1v) is 13.8. The van der Waals surface area contributed by atoms with Crippen molar-refractivity contribution < 1.29 is 44.8 Å². The van der Waals surface area contributed by atoms with Crippen LogP contribution in [0, 0.1) is 6.07 Å². The molecule has 194 valence electrons. The molecule has 2 aliphatic rings. The molecule has 0 amide bonds. The quantitative estimate of drug-likeness (QED) is 0.177. The molecule has 0 saturated heterocycles. The molecule has 0 atom stereocenters. The van der Waals surface area contributed by atoms with Gasteiger partial charge in [-0.05, 0) is 17.4 Å². The molecule has 3 heteroatoms. The molecule has 1 saturated carbocycles. The number of halogens is 2. The van der Waals surface area contributed by atoms with Gasteiger partial charge in [-0.2, -0.15) is 47.5 Å². The molecule has 0 unspecified atom stereocenters. The molecule has 0 N–H and O–H groups in total. The molecule has 36 heavy (non-hydrogen) atoms. The Morgan fingerprint density at radius 3 is 1.81 bits per heavy atom. The number of hydrogen-bond acceptors (Lipinski definition) is 0. The smallest absolute Gasteiger partial charge is 0.172 e. The first-order chi connectivity index (χ1) is 16.1. The van der Waals surface area contributed by atoms with Crippen LogP contribution in [0.5, 0.6) is 0 Å². The van der Waals surface area contributed by atoms with Crippen LogP contribution in [0.1, 0.15) is 102 Å². The van der Waals surface area contributed by atoms with Gasteiger partial charge in [0.25, 0.3) is 0 Å². The van der Waals surface area contributed by atoms with Crippen LogP contribution < -0.4 is 24.8 Å². The fourth-order valence-electron chi connectivity index (χ4n) is 4.46. The Hall–Kier alpha value is -1.05. The van der Waals surface area contributed by atoms with E-state index in [0.717, 1.165) is 6.42 Å². The molecule has 3 aromatic carbocycles. The van der Waals surface area contributed by atoms with E-state index >= 15 is 0 Å². The number of hydrogen-bond donors (Lipinski definition) is 0. The average molecular weight is 557 g/mol. The molecule has 5 rings (SSSR count). The van der Waals surface area contributed by atoms with Crippen molar-refractivity contribution in [1.29, 1.82) is 0 Å². The van der Waals surface area contributed by atoms with E-state index in [1.54, 1.807) is 3.81 Å². The van der Waals surface area contributed by atoms with E-state index in [0.29, 0.717) is 0 Å². The number of rotatable bonds is 0. The van der Waals surface area contributed by atoms with E-state index in [1.807, 2.05) is 30.3 Å². The van der Waals surface area contributed by atoms with Gasteiger partial charge in [-0.3, -0.25) is 0 Å². The van der Waals surface area contributed by atoms with E-state index < -0.39 is 0 Å². The van der Waals surface area contributed by atoms with Gasteiger partial charge in [-0.25, -0.2) is 12.1 Å². The molecule has 3 aromatic rings. The molecule has 0 heterocycles. The summed E-state index contributed by atoms with van der Waals surface area (Å²) in [6.07, 6.45) is 9.67. The van der Waals surface area contributed by atoms with Crippen LogP contribution in [-0.2, 0) is 37.2 Å². The van der Waals surface area contributed by atoms with Crippen molar-refractivity contribution in [2.24, 2.45) is 0 Å². The van der Waals surface area contributed by atoms with Crippen LogP contribution in [0.15, 0.2) is 60.7 Å². The van der Waals surface area contributed by atoms with Crippen LogP contribution in [0.2, 0.25) is 0 Å². The van der Waals surface area contributed by atoms with Crippen molar-refractivity contribution in [2.45, 2.75) is 97.3 Å². The molecule has 0 spiro atoms. The molecule has 0 radical (unpaired) electrons. The normalized spacial score (nSPS) is 14.4. The van der Waals surface area contributed by atoms with Crippen molar-refractivity contribution in [3.05, 3.63) is 89.0 Å². The van der Waals surface area contributed by atoms with Crippen LogP contribution in [0.3, 0.4) is 0 Å². The van der Waals surface area contributed by atoms with E-state index in [1.165, 1.54) is 71.9 Å². The van der Waals surface area contributed by atoms with E-state index in [2.05, 4.69) is 97.9 Å². The van der Waals surface area contributed by atoms with Crippen molar-refractivity contribution >= 4 is 3.81 Å². The predicted octanol–water partition coefficient (Wildman–Crippen LogP) is 3.13. The summed E-state index contributed by atoms with van der Waals surface area (Å²) in [5.74, 6) is 0. The molecular formula is C33H42Cl2Ti-2. The summed E-state index contributed by atoms with van der Waals surface area (Å²) in [5, 5.41) is 0. The second-order valence-corrected chi connectivity index (χ2v) is 12.9. The minimum Gasteiger partial charge on any atom is -0.214 e. The van der Waals surface area contributed by atoms with Gasteiger partial charge in [0.05, 0.1) is 0 Å². The SMILES string of the molecule is CC(C)(C)c1c[c-]c2c(c1)-c1cc(C(C)(C)C)ccc1C2.[Cl-].[Cl-].[Ti+2]=[C]1CCCCCC1.c1cc[cH-]c1. The summed E-state index contributed by atoms with van der Waals surface area (Å²) >= 11 is 2.30. The molecule has 0 nitrogen and oxygen atoms in total. The minimum atomic E-state index is 0. The van der Waals surface area contributed by atoms with Gasteiger partial charge >= 0.3 is 62.3 Å². The summed E-state index contributed by atoms with van der Waals surface area (Å²) in [6, 6.07) is 25.1. The Balaban J connectivity index is 0.000000356. The zero-order chi connectivity index (χ0) is 24.8. The van der Waals surface area contributed by atoms with Crippen LogP contribution >= 0.6 is 0 Å². The largest absolute Gasteiger partial charge is 0.214 e. The zero-order valence-corrected chi connectivity index (χ0v) is 26.1. The predicted molar refractivity (Wildman–Crippen MR) is 146 cm³/mol. The summed E-state index contributed by atoms with van der Waals surface area (Å²) < 4.78 is 1.72. The first kappa shape index (κ1) is 33.0. The molecule has 2 aliphatic carbocycles. The molecule has 0 aliphatic heterocycles. The topological polar surface area (TPSA) is 0 Å². The maximum absolute atomic E-state index is 3.53. The van der Waals surface area contributed by atoms with Crippen molar-refractivity contribution in [1.82, 2.24) is 0 Å². The monoisotopic (exact) mass is 556 g/mol. The van der Waals surface area contributed by atoms with Gasteiger partial charge in [0.2, 0.25) is 0 Å². The van der Waals surface area contributed by atoms with Gasteiger partial charge in [0.15, 0.2) is 0 Å². The second kappa shape index (κ2) is 14.8. The number of fused-ring (bicyclic) bond motifs is 3. The Kier molecular flexibility index (Phi) is 13.5. The zero-order valence-electron chi connectivity index (χ0n) is 23.0. The van der Waals surface area contributed by atoms with E-state index in [9.17, 15) is 0 Å². The molecule has 0 bridgehead atoms. The van der Waals surface area contributed by atoms with Gasteiger partial charge in [0, 0.05) is 0 Å². The minimum absolute atomic E-state index is 0. The van der Waals surface area contributed by atoms with Crippen LogP contribution in [0.4, 0.5) is 0 Å². The molecular weight excluding hydrogens is 515 g/mol. The van der Waals surface area contributed by atoms with Crippen LogP contribution in [0.25, 0.3) is 11.1 Å². The Labute approximate surface area is 244 Å². The van der Waals surface area contributed by atoms with E-state index in [4.69, 9.17) is 0 Å². The Morgan fingerprint density at radius 2 is 1.31 bits per heavy atom. The number of benzene rings is 2. The maximum atomic E-state index is 3.53. The standard InChI is InChI=1S/C21H25.C7H12.C5H5.2ClH.Ti/c1-20(2,3)16-9-7-14-11-15-8-10-17(21(4,5)6)13-19(15)18(14)12-16;1-2-4-6-7-5-3-1;1-2-4-5-3-1;;;/h7,9-10,12-13H,11H2,1-6H3;1-6H2;1-5H;2*1H;/q-1;;-1;;;+2/p-2. The third kappa shape index (κ3) is 9.68. The van der Waals surface area contributed by atoms with Gasteiger partial charge in [-0.15, -0.1) is 5.56 Å². The summed E-state index contributed by atoms with van der Waals surface area (Å²) in [5.41, 5.74) is 8.76. The second-order valence-electron chi connectivity index (χ2n) is 11.8. The molecule has 0 aromatic heterocycles. The molecule has 1 fully saturated rings. The Bertz CT molecular complexity index is 977. The third-order valence-electron chi connectivity index (χ3n) is 6.79. The maximum Gasteiger partial charge on any atom is -0.172 e.